The van der Waals surface area contributed by atoms with Crippen molar-refractivity contribution < 1.29 is 9.53 Å². The van der Waals surface area contributed by atoms with Crippen molar-refractivity contribution in [1.82, 2.24) is 25.3 Å². The smallest absolute Gasteiger partial charge is 0.241 e. The quantitative estimate of drug-likeness (QED) is 0.522. The molecule has 0 radical (unpaired) electrons. The van der Waals surface area contributed by atoms with Gasteiger partial charge in [0, 0.05) is 21.1 Å². The van der Waals surface area contributed by atoms with Crippen LogP contribution in [0.5, 0.6) is 5.88 Å². The Labute approximate surface area is 173 Å². The first-order chi connectivity index (χ1) is 13.9. The number of likely N-dealkylation sites (N-methyl/N-ethyl adjacent to an activating group) is 1. The monoisotopic (exact) mass is 400 g/mol. The Balaban J connectivity index is 2.23. The van der Waals surface area contributed by atoms with Crippen molar-refractivity contribution in [2.24, 2.45) is 12.0 Å². The molecule has 158 valence electrons. The average Bonchev–Trinajstić information content (AvgIpc) is 3.04. The van der Waals surface area contributed by atoms with E-state index in [0.29, 0.717) is 18.4 Å². The van der Waals surface area contributed by atoms with Gasteiger partial charge in [-0.05, 0) is 18.9 Å². The summed E-state index contributed by atoms with van der Waals surface area (Å²) < 4.78 is 7.23. The molecule has 1 unspecified atom stereocenters. The molecule has 1 aromatic heterocycles. The normalized spacial score (nSPS) is 12.4. The van der Waals surface area contributed by atoms with E-state index in [-0.39, 0.29) is 18.5 Å². The Hall–Kier alpha value is -3.03. The number of amides is 1. The molecule has 8 heteroatoms. The Morgan fingerprint density at radius 1 is 1.31 bits per heavy atom. The number of aliphatic imine (C=N–C) groups is 1. The van der Waals surface area contributed by atoms with Crippen molar-refractivity contribution >= 4 is 11.9 Å². The highest BCUT2D eigenvalue weighted by atomic mass is 16.5. The standard InChI is InChI=1S/C21H32N6O2/c1-7-18-17(20(29-6)27(5)25-18)13-22-21(23-14-19(28)26(3)4)24-15(2)16-11-9-8-10-12-16/h8-12,15H,7,13-14H2,1-6H3,(H2,22,23,24). The van der Waals surface area contributed by atoms with Gasteiger partial charge in [-0.2, -0.15) is 5.10 Å². The minimum Gasteiger partial charge on any atom is -0.481 e. The number of ether oxygens (including phenoxy) is 1. The molecule has 8 nitrogen and oxygen atoms in total. The summed E-state index contributed by atoms with van der Waals surface area (Å²) in [5.41, 5.74) is 3.03. The topological polar surface area (TPSA) is 83.8 Å². The summed E-state index contributed by atoms with van der Waals surface area (Å²) in [7, 11) is 6.95. The molecule has 0 saturated heterocycles. The zero-order chi connectivity index (χ0) is 21.4. The van der Waals surface area contributed by atoms with E-state index >= 15 is 0 Å². The van der Waals surface area contributed by atoms with Crippen molar-refractivity contribution in [2.45, 2.75) is 32.9 Å². The van der Waals surface area contributed by atoms with Crippen LogP contribution in [0.2, 0.25) is 0 Å². The van der Waals surface area contributed by atoms with E-state index in [4.69, 9.17) is 9.73 Å². The number of hydrogen-bond donors (Lipinski definition) is 2. The molecular weight excluding hydrogens is 368 g/mol. The first-order valence-electron chi connectivity index (χ1n) is 9.76. The summed E-state index contributed by atoms with van der Waals surface area (Å²) in [6.07, 6.45) is 0.789. The van der Waals surface area contributed by atoms with E-state index in [0.717, 1.165) is 23.2 Å². The van der Waals surface area contributed by atoms with Crippen LogP contribution in [0.25, 0.3) is 0 Å². The van der Waals surface area contributed by atoms with Gasteiger partial charge in [-0.25, -0.2) is 9.67 Å². The molecule has 0 aliphatic carbocycles. The van der Waals surface area contributed by atoms with Crippen LogP contribution in [0.3, 0.4) is 0 Å². The van der Waals surface area contributed by atoms with Crippen molar-refractivity contribution in [3.63, 3.8) is 0 Å². The van der Waals surface area contributed by atoms with Gasteiger partial charge in [0.05, 0.1) is 37.5 Å². The summed E-state index contributed by atoms with van der Waals surface area (Å²) in [5.74, 6) is 1.23. The maximum absolute atomic E-state index is 12.0. The molecule has 1 aromatic carbocycles. The molecule has 1 amide bonds. The molecule has 1 atom stereocenters. The first kappa shape index (κ1) is 22.3. The van der Waals surface area contributed by atoms with Crippen LogP contribution in [-0.4, -0.2) is 54.3 Å². The second-order valence-corrected chi connectivity index (χ2v) is 6.99. The molecule has 2 aromatic rings. The van der Waals surface area contributed by atoms with Gasteiger partial charge in [0.25, 0.3) is 0 Å². The van der Waals surface area contributed by atoms with E-state index in [1.165, 1.54) is 0 Å². The molecule has 0 fully saturated rings. The zero-order valence-corrected chi connectivity index (χ0v) is 18.2. The maximum Gasteiger partial charge on any atom is 0.241 e. The predicted octanol–water partition coefficient (Wildman–Crippen LogP) is 1.88. The lowest BCUT2D eigenvalue weighted by molar-refractivity contribution is -0.127. The summed E-state index contributed by atoms with van der Waals surface area (Å²) in [6, 6.07) is 10.1. The third-order valence-electron chi connectivity index (χ3n) is 4.65. The number of carbonyl (C=O) groups is 1. The average molecular weight is 401 g/mol. The molecule has 29 heavy (non-hydrogen) atoms. The SMILES string of the molecule is CCc1nn(C)c(OC)c1CN=C(NCC(=O)N(C)C)NC(C)c1ccccc1. The third-order valence-corrected chi connectivity index (χ3v) is 4.65. The lowest BCUT2D eigenvalue weighted by atomic mass is 10.1. The van der Waals surface area contributed by atoms with Crippen LogP contribution in [-0.2, 0) is 24.8 Å². The third kappa shape index (κ3) is 5.97. The van der Waals surface area contributed by atoms with Gasteiger partial charge < -0.3 is 20.3 Å². The van der Waals surface area contributed by atoms with Crippen LogP contribution in [0, 0.1) is 0 Å². The van der Waals surface area contributed by atoms with Crippen LogP contribution in [0.15, 0.2) is 35.3 Å². The molecule has 2 N–H and O–H groups in total. The molecule has 0 spiro atoms. The highest BCUT2D eigenvalue weighted by molar-refractivity contribution is 5.86. The Morgan fingerprint density at radius 2 is 2.00 bits per heavy atom. The van der Waals surface area contributed by atoms with Gasteiger partial charge >= 0.3 is 0 Å². The number of guanidine groups is 1. The van der Waals surface area contributed by atoms with E-state index in [1.807, 2.05) is 25.2 Å². The van der Waals surface area contributed by atoms with Crippen molar-refractivity contribution in [2.75, 3.05) is 27.7 Å². The Kier molecular flexibility index (Phi) is 8.06. The minimum absolute atomic E-state index is 0.0262. The molecule has 1 heterocycles. The van der Waals surface area contributed by atoms with Crippen LogP contribution in [0.1, 0.15) is 36.7 Å². The van der Waals surface area contributed by atoms with E-state index < -0.39 is 0 Å². The number of nitrogens with one attached hydrogen (secondary N) is 2. The number of aromatic nitrogens is 2. The van der Waals surface area contributed by atoms with E-state index in [1.54, 1.807) is 30.8 Å². The number of aryl methyl sites for hydroxylation is 2. The maximum atomic E-state index is 12.0. The predicted molar refractivity (Wildman–Crippen MR) is 115 cm³/mol. The number of carbonyl (C=O) groups excluding carboxylic acids is 1. The molecule has 0 aliphatic rings. The van der Waals surface area contributed by atoms with Crippen molar-refractivity contribution in [3.05, 3.63) is 47.2 Å². The summed E-state index contributed by atoms with van der Waals surface area (Å²) in [4.78, 5) is 18.3. The highest BCUT2D eigenvalue weighted by Crippen LogP contribution is 2.23. The largest absolute Gasteiger partial charge is 0.481 e. The van der Waals surface area contributed by atoms with E-state index in [9.17, 15) is 4.79 Å². The molecule has 0 saturated carbocycles. The fourth-order valence-electron chi connectivity index (χ4n) is 2.96. The van der Waals surface area contributed by atoms with Gasteiger partial charge in [-0.3, -0.25) is 4.79 Å². The second kappa shape index (κ2) is 10.5. The molecule has 0 bridgehead atoms. The van der Waals surface area contributed by atoms with Crippen LogP contribution in [0.4, 0.5) is 0 Å². The number of benzene rings is 1. The van der Waals surface area contributed by atoms with Gasteiger partial charge in [-0.15, -0.1) is 0 Å². The number of methoxy groups -OCH3 is 1. The number of rotatable bonds is 8. The van der Waals surface area contributed by atoms with Crippen molar-refractivity contribution in [3.8, 4) is 5.88 Å². The molecule has 0 aliphatic heterocycles. The van der Waals surface area contributed by atoms with Gasteiger partial charge in [0.1, 0.15) is 0 Å². The van der Waals surface area contributed by atoms with Gasteiger partial charge in [0.2, 0.25) is 11.8 Å². The fourth-order valence-corrected chi connectivity index (χ4v) is 2.96. The number of hydrogen-bond acceptors (Lipinski definition) is 4. The van der Waals surface area contributed by atoms with Crippen molar-refractivity contribution in [1.29, 1.82) is 0 Å². The Bertz CT molecular complexity index is 829. The highest BCUT2D eigenvalue weighted by Gasteiger charge is 2.16. The second-order valence-electron chi connectivity index (χ2n) is 6.99. The van der Waals surface area contributed by atoms with Gasteiger partial charge in [-0.1, -0.05) is 37.3 Å². The zero-order valence-electron chi connectivity index (χ0n) is 18.2. The minimum atomic E-state index is -0.0277. The van der Waals surface area contributed by atoms with E-state index in [2.05, 4.69) is 41.7 Å². The molecule has 2 rings (SSSR count). The fraction of sp³-hybridized carbons (Fsp3) is 0.476. The number of nitrogens with zero attached hydrogens (tertiary/aromatic N) is 4. The Morgan fingerprint density at radius 3 is 2.59 bits per heavy atom. The summed E-state index contributed by atoms with van der Waals surface area (Å²) in [6.45, 7) is 4.67. The molecular formula is C21H32N6O2. The summed E-state index contributed by atoms with van der Waals surface area (Å²) in [5, 5.41) is 11.0. The van der Waals surface area contributed by atoms with Crippen LogP contribution >= 0.6 is 0 Å². The lowest BCUT2D eigenvalue weighted by Gasteiger charge is -2.19. The van der Waals surface area contributed by atoms with Crippen LogP contribution < -0.4 is 15.4 Å². The lowest BCUT2D eigenvalue weighted by Crippen LogP contribution is -2.43. The van der Waals surface area contributed by atoms with Gasteiger partial charge in [0.15, 0.2) is 5.96 Å². The summed E-state index contributed by atoms with van der Waals surface area (Å²) >= 11 is 0. The first-order valence-corrected chi connectivity index (χ1v) is 9.76.